The zero-order chi connectivity index (χ0) is 16.1. The number of amides is 1. The van der Waals surface area contributed by atoms with Crippen LogP contribution in [-0.2, 0) is 17.9 Å². The van der Waals surface area contributed by atoms with E-state index in [0.29, 0.717) is 12.5 Å². The molecule has 0 saturated carbocycles. The number of benzene rings is 1. The standard InChI is InChI=1S/C19H24N2OS/c1-2-17-14-20(15-18-9-6-12-23-18)11-10-19(22)21(17)13-16-7-4-3-5-8-16/h3-9,12,17H,2,10-11,13-15H2,1H3/t17-/m0/s1. The predicted octanol–water partition coefficient (Wildman–Crippen LogP) is 3.76. The summed E-state index contributed by atoms with van der Waals surface area (Å²) in [5, 5.41) is 2.12. The first kappa shape index (κ1) is 16.2. The fourth-order valence-electron chi connectivity index (χ4n) is 3.20. The molecule has 2 aromatic rings. The molecule has 23 heavy (non-hydrogen) atoms. The van der Waals surface area contributed by atoms with Gasteiger partial charge in [-0.25, -0.2) is 0 Å². The van der Waals surface area contributed by atoms with Gasteiger partial charge < -0.3 is 4.90 Å². The molecule has 4 heteroatoms. The number of carbonyl (C=O) groups is 1. The summed E-state index contributed by atoms with van der Waals surface area (Å²) in [7, 11) is 0. The monoisotopic (exact) mass is 328 g/mol. The largest absolute Gasteiger partial charge is 0.334 e. The van der Waals surface area contributed by atoms with Crippen LogP contribution >= 0.6 is 11.3 Å². The Morgan fingerprint density at radius 3 is 2.65 bits per heavy atom. The lowest BCUT2D eigenvalue weighted by atomic mass is 10.1. The molecule has 0 unspecified atom stereocenters. The summed E-state index contributed by atoms with van der Waals surface area (Å²) >= 11 is 1.80. The number of hydrogen-bond acceptors (Lipinski definition) is 3. The maximum Gasteiger partial charge on any atom is 0.224 e. The quantitative estimate of drug-likeness (QED) is 0.834. The van der Waals surface area contributed by atoms with E-state index in [9.17, 15) is 4.79 Å². The molecule has 1 aliphatic heterocycles. The number of rotatable bonds is 5. The highest BCUT2D eigenvalue weighted by Crippen LogP contribution is 2.20. The van der Waals surface area contributed by atoms with Crippen molar-refractivity contribution in [1.82, 2.24) is 9.80 Å². The molecule has 1 fully saturated rings. The van der Waals surface area contributed by atoms with Crippen molar-refractivity contribution in [2.45, 2.75) is 38.9 Å². The van der Waals surface area contributed by atoms with Crippen molar-refractivity contribution >= 4 is 17.2 Å². The maximum atomic E-state index is 12.6. The summed E-state index contributed by atoms with van der Waals surface area (Å²) in [5.41, 5.74) is 1.21. The van der Waals surface area contributed by atoms with Crippen LogP contribution < -0.4 is 0 Å². The molecule has 0 bridgehead atoms. The van der Waals surface area contributed by atoms with Gasteiger partial charge in [0.05, 0.1) is 0 Å². The highest BCUT2D eigenvalue weighted by molar-refractivity contribution is 7.09. The second-order valence-corrected chi connectivity index (χ2v) is 7.17. The molecule has 0 aliphatic carbocycles. The van der Waals surface area contributed by atoms with E-state index in [-0.39, 0.29) is 5.91 Å². The Balaban J connectivity index is 1.71. The number of hydrogen-bond donors (Lipinski definition) is 0. The second-order valence-electron chi connectivity index (χ2n) is 6.13. The van der Waals surface area contributed by atoms with E-state index in [2.05, 4.69) is 46.4 Å². The van der Waals surface area contributed by atoms with Crippen LogP contribution in [0.2, 0.25) is 0 Å². The number of thiophene rings is 1. The minimum atomic E-state index is 0.286. The van der Waals surface area contributed by atoms with Gasteiger partial charge in [0.1, 0.15) is 0 Å². The maximum absolute atomic E-state index is 12.6. The molecule has 3 rings (SSSR count). The molecule has 2 heterocycles. The smallest absolute Gasteiger partial charge is 0.224 e. The fraction of sp³-hybridized carbons (Fsp3) is 0.421. The van der Waals surface area contributed by atoms with E-state index >= 15 is 0 Å². The van der Waals surface area contributed by atoms with Crippen molar-refractivity contribution in [3.8, 4) is 0 Å². The van der Waals surface area contributed by atoms with E-state index < -0.39 is 0 Å². The van der Waals surface area contributed by atoms with Gasteiger partial charge in [-0.05, 0) is 23.4 Å². The lowest BCUT2D eigenvalue weighted by Gasteiger charge is -2.31. The van der Waals surface area contributed by atoms with E-state index in [4.69, 9.17) is 0 Å². The van der Waals surface area contributed by atoms with Gasteiger partial charge >= 0.3 is 0 Å². The molecule has 3 nitrogen and oxygen atoms in total. The molecule has 1 atom stereocenters. The highest BCUT2D eigenvalue weighted by Gasteiger charge is 2.28. The summed E-state index contributed by atoms with van der Waals surface area (Å²) in [6, 6.07) is 14.9. The van der Waals surface area contributed by atoms with E-state index in [1.165, 1.54) is 10.4 Å². The van der Waals surface area contributed by atoms with E-state index in [1.54, 1.807) is 11.3 Å². The van der Waals surface area contributed by atoms with Crippen LogP contribution in [-0.4, -0.2) is 34.8 Å². The summed E-state index contributed by atoms with van der Waals surface area (Å²) in [5.74, 6) is 0.286. The molecule has 0 N–H and O–H groups in total. The van der Waals surface area contributed by atoms with Crippen LogP contribution in [0.4, 0.5) is 0 Å². The Morgan fingerprint density at radius 2 is 1.96 bits per heavy atom. The van der Waals surface area contributed by atoms with Gasteiger partial charge in [0.2, 0.25) is 5.91 Å². The van der Waals surface area contributed by atoms with Gasteiger partial charge in [0, 0.05) is 43.5 Å². The normalized spacial score (nSPS) is 19.8. The van der Waals surface area contributed by atoms with Crippen molar-refractivity contribution in [1.29, 1.82) is 0 Å². The zero-order valence-corrected chi connectivity index (χ0v) is 14.5. The SMILES string of the molecule is CC[C@H]1CN(Cc2cccs2)CCC(=O)N1Cc1ccccc1. The van der Waals surface area contributed by atoms with E-state index in [0.717, 1.165) is 32.6 Å². The Morgan fingerprint density at radius 1 is 1.13 bits per heavy atom. The fourth-order valence-corrected chi connectivity index (χ4v) is 3.95. The van der Waals surface area contributed by atoms with Gasteiger partial charge in [0.25, 0.3) is 0 Å². The second kappa shape index (κ2) is 7.75. The number of carbonyl (C=O) groups excluding carboxylic acids is 1. The molecular weight excluding hydrogens is 304 g/mol. The summed E-state index contributed by atoms with van der Waals surface area (Å²) in [6.45, 7) is 5.70. The molecule has 0 radical (unpaired) electrons. The Labute approximate surface area is 142 Å². The van der Waals surface area contributed by atoms with Crippen LogP contribution in [0, 0.1) is 0 Å². The van der Waals surface area contributed by atoms with Crippen LogP contribution in [0.1, 0.15) is 30.2 Å². The van der Waals surface area contributed by atoms with Gasteiger partial charge in [-0.1, -0.05) is 43.3 Å². The summed E-state index contributed by atoms with van der Waals surface area (Å²) < 4.78 is 0. The predicted molar refractivity (Wildman–Crippen MR) is 95.3 cm³/mol. The molecule has 0 spiro atoms. The van der Waals surface area contributed by atoms with Crippen molar-refractivity contribution in [2.75, 3.05) is 13.1 Å². The lowest BCUT2D eigenvalue weighted by Crippen LogP contribution is -2.42. The van der Waals surface area contributed by atoms with Crippen LogP contribution in [0.25, 0.3) is 0 Å². The molecular formula is C19H24N2OS. The molecule has 122 valence electrons. The Bertz CT molecular complexity index is 612. The molecule has 1 aromatic heterocycles. The average molecular weight is 328 g/mol. The average Bonchev–Trinajstić information content (AvgIpc) is 3.04. The number of nitrogens with zero attached hydrogens (tertiary/aromatic N) is 2. The molecule has 1 saturated heterocycles. The first-order valence-corrected chi connectivity index (χ1v) is 9.22. The third kappa shape index (κ3) is 4.21. The topological polar surface area (TPSA) is 23.6 Å². The van der Waals surface area contributed by atoms with Crippen molar-refractivity contribution in [3.05, 3.63) is 58.3 Å². The highest BCUT2D eigenvalue weighted by atomic mass is 32.1. The van der Waals surface area contributed by atoms with Crippen molar-refractivity contribution in [3.63, 3.8) is 0 Å². The third-order valence-corrected chi connectivity index (χ3v) is 5.36. The molecule has 1 aliphatic rings. The van der Waals surface area contributed by atoms with E-state index in [1.807, 2.05) is 18.2 Å². The summed E-state index contributed by atoms with van der Waals surface area (Å²) in [4.78, 5) is 18.5. The van der Waals surface area contributed by atoms with Gasteiger partial charge in [-0.15, -0.1) is 11.3 Å². The first-order valence-electron chi connectivity index (χ1n) is 8.34. The molecule has 1 amide bonds. The van der Waals surface area contributed by atoms with Gasteiger partial charge in [-0.2, -0.15) is 0 Å². The Kier molecular flexibility index (Phi) is 5.47. The first-order chi connectivity index (χ1) is 11.3. The molecule has 1 aromatic carbocycles. The van der Waals surface area contributed by atoms with Crippen LogP contribution in [0.15, 0.2) is 47.8 Å². The van der Waals surface area contributed by atoms with Gasteiger partial charge in [-0.3, -0.25) is 9.69 Å². The van der Waals surface area contributed by atoms with Crippen LogP contribution in [0.5, 0.6) is 0 Å². The summed E-state index contributed by atoms with van der Waals surface area (Å²) in [6.07, 6.45) is 1.62. The van der Waals surface area contributed by atoms with Gasteiger partial charge in [0.15, 0.2) is 0 Å². The van der Waals surface area contributed by atoms with Crippen molar-refractivity contribution in [2.24, 2.45) is 0 Å². The minimum Gasteiger partial charge on any atom is -0.334 e. The van der Waals surface area contributed by atoms with Crippen LogP contribution in [0.3, 0.4) is 0 Å². The Hall–Kier alpha value is -1.65. The lowest BCUT2D eigenvalue weighted by molar-refractivity contribution is -0.133. The third-order valence-electron chi connectivity index (χ3n) is 4.50. The minimum absolute atomic E-state index is 0.286. The van der Waals surface area contributed by atoms with Crippen molar-refractivity contribution < 1.29 is 4.79 Å². The zero-order valence-electron chi connectivity index (χ0n) is 13.6.